The summed E-state index contributed by atoms with van der Waals surface area (Å²) in [6.45, 7) is 1.90. The van der Waals surface area contributed by atoms with Crippen LogP contribution in [0.4, 0.5) is 0 Å². The largest absolute Gasteiger partial charge is 0.495 e. The first-order valence-electron chi connectivity index (χ1n) is 6.44. The summed E-state index contributed by atoms with van der Waals surface area (Å²) in [7, 11) is 2.84. The van der Waals surface area contributed by atoms with Gasteiger partial charge in [-0.3, -0.25) is 4.79 Å². The first-order valence-corrected chi connectivity index (χ1v) is 6.44. The highest BCUT2D eigenvalue weighted by Gasteiger charge is 2.18. The zero-order valence-corrected chi connectivity index (χ0v) is 12.2. The summed E-state index contributed by atoms with van der Waals surface area (Å²) >= 11 is 0. The van der Waals surface area contributed by atoms with Crippen molar-refractivity contribution in [2.75, 3.05) is 14.2 Å². The number of benzene rings is 2. The Morgan fingerprint density at radius 3 is 2.48 bits per heavy atom. The van der Waals surface area contributed by atoms with E-state index in [1.54, 1.807) is 18.2 Å². The summed E-state index contributed by atoms with van der Waals surface area (Å²) in [6, 6.07) is 10.7. The van der Waals surface area contributed by atoms with E-state index in [2.05, 4.69) is 0 Å². The fraction of sp³-hybridized carbons (Fsp3) is 0.176. The Bertz CT molecular complexity index is 689. The third-order valence-corrected chi connectivity index (χ3v) is 3.25. The maximum atomic E-state index is 12.0. The zero-order chi connectivity index (χ0) is 15.4. The number of rotatable bonds is 4. The SMILES string of the molecule is COC(=O)c1cc(C)ccc1-c1cccc(C=O)c1OC. The molecule has 0 aliphatic rings. The molecule has 21 heavy (non-hydrogen) atoms. The molecule has 2 aromatic carbocycles. The predicted octanol–water partition coefficient (Wildman–Crippen LogP) is 3.27. The maximum absolute atomic E-state index is 12.0. The van der Waals surface area contributed by atoms with Gasteiger partial charge in [0.15, 0.2) is 6.29 Å². The lowest BCUT2D eigenvalue weighted by molar-refractivity contribution is 0.0601. The molecule has 0 aliphatic heterocycles. The van der Waals surface area contributed by atoms with Crippen LogP contribution in [0.2, 0.25) is 0 Å². The van der Waals surface area contributed by atoms with Crippen LogP contribution in [0.3, 0.4) is 0 Å². The van der Waals surface area contributed by atoms with Crippen molar-refractivity contribution in [1.82, 2.24) is 0 Å². The lowest BCUT2D eigenvalue weighted by atomic mass is 9.95. The molecule has 2 aromatic rings. The molecule has 0 aliphatic carbocycles. The second-order valence-electron chi connectivity index (χ2n) is 4.59. The summed E-state index contributed by atoms with van der Waals surface area (Å²) in [6.07, 6.45) is 0.730. The van der Waals surface area contributed by atoms with E-state index in [1.807, 2.05) is 25.1 Å². The molecular weight excluding hydrogens is 268 g/mol. The van der Waals surface area contributed by atoms with Crippen LogP contribution < -0.4 is 4.74 Å². The number of carbonyl (C=O) groups excluding carboxylic acids is 2. The molecule has 108 valence electrons. The molecule has 0 spiro atoms. The molecule has 4 nitrogen and oxygen atoms in total. The number of ether oxygens (including phenoxy) is 2. The number of hydrogen-bond donors (Lipinski definition) is 0. The number of methoxy groups -OCH3 is 2. The van der Waals surface area contributed by atoms with E-state index in [9.17, 15) is 9.59 Å². The van der Waals surface area contributed by atoms with Crippen molar-refractivity contribution in [3.63, 3.8) is 0 Å². The van der Waals surface area contributed by atoms with Crippen LogP contribution in [0.5, 0.6) is 5.75 Å². The molecule has 0 saturated carbocycles. The molecule has 0 atom stereocenters. The lowest BCUT2D eigenvalue weighted by Crippen LogP contribution is -2.05. The Morgan fingerprint density at radius 1 is 1.10 bits per heavy atom. The van der Waals surface area contributed by atoms with Crippen molar-refractivity contribution in [3.05, 3.63) is 53.1 Å². The Hall–Kier alpha value is -2.62. The summed E-state index contributed by atoms with van der Waals surface area (Å²) in [5.41, 5.74) is 3.19. The zero-order valence-electron chi connectivity index (χ0n) is 12.2. The van der Waals surface area contributed by atoms with Gasteiger partial charge in [-0.1, -0.05) is 29.8 Å². The van der Waals surface area contributed by atoms with Gasteiger partial charge in [0, 0.05) is 5.56 Å². The van der Waals surface area contributed by atoms with Crippen LogP contribution in [0.1, 0.15) is 26.3 Å². The topological polar surface area (TPSA) is 52.6 Å². The molecule has 0 bridgehead atoms. The van der Waals surface area contributed by atoms with Crippen molar-refractivity contribution in [3.8, 4) is 16.9 Å². The molecule has 0 radical (unpaired) electrons. The van der Waals surface area contributed by atoms with Crippen LogP contribution in [0.25, 0.3) is 11.1 Å². The van der Waals surface area contributed by atoms with Gasteiger partial charge in [0.1, 0.15) is 5.75 Å². The number of aryl methyl sites for hydroxylation is 1. The van der Waals surface area contributed by atoms with E-state index < -0.39 is 5.97 Å². The van der Waals surface area contributed by atoms with Crippen LogP contribution in [-0.4, -0.2) is 26.5 Å². The Labute approximate surface area is 123 Å². The summed E-state index contributed by atoms with van der Waals surface area (Å²) < 4.78 is 10.2. The van der Waals surface area contributed by atoms with Crippen molar-refractivity contribution < 1.29 is 19.1 Å². The van der Waals surface area contributed by atoms with Crippen molar-refractivity contribution in [2.45, 2.75) is 6.92 Å². The highest BCUT2D eigenvalue weighted by Crippen LogP contribution is 2.35. The minimum atomic E-state index is -0.424. The molecule has 0 saturated heterocycles. The average molecular weight is 284 g/mol. The number of esters is 1. The summed E-state index contributed by atoms with van der Waals surface area (Å²) in [4.78, 5) is 23.1. The van der Waals surface area contributed by atoms with Crippen LogP contribution in [0.15, 0.2) is 36.4 Å². The van der Waals surface area contributed by atoms with Crippen molar-refractivity contribution in [2.24, 2.45) is 0 Å². The van der Waals surface area contributed by atoms with Gasteiger partial charge >= 0.3 is 5.97 Å². The lowest BCUT2D eigenvalue weighted by Gasteiger charge is -2.14. The molecule has 0 aromatic heterocycles. The standard InChI is InChI=1S/C17H16O4/c1-11-7-8-13(15(9-11)17(19)21-3)14-6-4-5-12(10-18)16(14)20-2/h4-10H,1-3H3. The maximum Gasteiger partial charge on any atom is 0.338 e. The van der Waals surface area contributed by atoms with Gasteiger partial charge in [-0.05, 0) is 24.6 Å². The quantitative estimate of drug-likeness (QED) is 0.638. The number of para-hydroxylation sites is 1. The fourth-order valence-electron chi connectivity index (χ4n) is 2.26. The molecule has 0 amide bonds. The highest BCUT2D eigenvalue weighted by atomic mass is 16.5. The molecule has 4 heteroatoms. The molecule has 0 heterocycles. The van der Waals surface area contributed by atoms with E-state index in [0.717, 1.165) is 11.8 Å². The average Bonchev–Trinajstić information content (AvgIpc) is 2.53. The summed E-state index contributed by atoms with van der Waals surface area (Å²) in [5, 5.41) is 0. The molecular formula is C17H16O4. The Morgan fingerprint density at radius 2 is 1.86 bits per heavy atom. The van der Waals surface area contributed by atoms with Crippen LogP contribution >= 0.6 is 0 Å². The van der Waals surface area contributed by atoms with Gasteiger partial charge in [0.25, 0.3) is 0 Å². The first-order chi connectivity index (χ1) is 10.1. The van der Waals surface area contributed by atoms with E-state index in [1.165, 1.54) is 14.2 Å². The fourth-order valence-corrected chi connectivity index (χ4v) is 2.26. The molecule has 0 fully saturated rings. The van der Waals surface area contributed by atoms with E-state index >= 15 is 0 Å². The minimum absolute atomic E-state index is 0.424. The third kappa shape index (κ3) is 2.79. The predicted molar refractivity (Wildman–Crippen MR) is 79.9 cm³/mol. The van der Waals surface area contributed by atoms with Crippen LogP contribution in [-0.2, 0) is 4.74 Å². The minimum Gasteiger partial charge on any atom is -0.495 e. The van der Waals surface area contributed by atoms with E-state index in [0.29, 0.717) is 28.0 Å². The second kappa shape index (κ2) is 6.22. The van der Waals surface area contributed by atoms with Gasteiger partial charge < -0.3 is 9.47 Å². The third-order valence-electron chi connectivity index (χ3n) is 3.25. The molecule has 0 N–H and O–H groups in total. The summed E-state index contributed by atoms with van der Waals surface area (Å²) in [5.74, 6) is 0.0220. The smallest absolute Gasteiger partial charge is 0.338 e. The van der Waals surface area contributed by atoms with E-state index in [4.69, 9.17) is 9.47 Å². The van der Waals surface area contributed by atoms with Gasteiger partial charge in [-0.15, -0.1) is 0 Å². The number of aldehydes is 1. The van der Waals surface area contributed by atoms with Gasteiger partial charge in [-0.25, -0.2) is 4.79 Å². The van der Waals surface area contributed by atoms with Gasteiger partial charge in [0.05, 0.1) is 25.3 Å². The first kappa shape index (κ1) is 14.8. The molecule has 2 rings (SSSR count). The number of hydrogen-bond acceptors (Lipinski definition) is 4. The van der Waals surface area contributed by atoms with Gasteiger partial charge in [0.2, 0.25) is 0 Å². The second-order valence-corrected chi connectivity index (χ2v) is 4.59. The Balaban J connectivity index is 2.73. The number of carbonyl (C=O) groups is 2. The van der Waals surface area contributed by atoms with Gasteiger partial charge in [-0.2, -0.15) is 0 Å². The van der Waals surface area contributed by atoms with Crippen molar-refractivity contribution >= 4 is 12.3 Å². The Kier molecular flexibility index (Phi) is 4.38. The van der Waals surface area contributed by atoms with Crippen LogP contribution in [0, 0.1) is 6.92 Å². The molecule has 0 unspecified atom stereocenters. The monoisotopic (exact) mass is 284 g/mol. The van der Waals surface area contributed by atoms with E-state index in [-0.39, 0.29) is 0 Å². The normalized spacial score (nSPS) is 10.0. The highest BCUT2D eigenvalue weighted by molar-refractivity contribution is 5.99. The van der Waals surface area contributed by atoms with Crippen molar-refractivity contribution in [1.29, 1.82) is 0 Å².